The monoisotopic (exact) mass is 224 g/mol. The third-order valence-electron chi connectivity index (χ3n) is 1.71. The molecule has 0 aliphatic carbocycles. The van der Waals surface area contributed by atoms with E-state index in [1.54, 1.807) is 18.3 Å². The number of nitrogens with zero attached hydrogens (tertiary/aromatic N) is 1. The SMILES string of the molecule is COC(=O)c1cccnc1N[Si](C)(C)C. The number of ether oxygens (including phenoxy) is 1. The van der Waals surface area contributed by atoms with Crippen LogP contribution in [0.25, 0.3) is 0 Å². The van der Waals surface area contributed by atoms with Crippen molar-refractivity contribution in [2.75, 3.05) is 12.1 Å². The zero-order chi connectivity index (χ0) is 11.5. The summed E-state index contributed by atoms with van der Waals surface area (Å²) in [7, 11) is -0.140. The molecule has 0 fully saturated rings. The minimum Gasteiger partial charge on any atom is -0.465 e. The number of carbonyl (C=O) groups excluding carboxylic acids is 1. The fraction of sp³-hybridized carbons (Fsp3) is 0.400. The lowest BCUT2D eigenvalue weighted by atomic mass is 10.2. The van der Waals surface area contributed by atoms with Gasteiger partial charge in [-0.2, -0.15) is 0 Å². The summed E-state index contributed by atoms with van der Waals surface area (Å²) in [4.78, 5) is 18.9. The third kappa shape index (κ3) is 3.36. The van der Waals surface area contributed by atoms with Crippen molar-refractivity contribution in [3.63, 3.8) is 0 Å². The van der Waals surface area contributed by atoms with Crippen molar-refractivity contribution in [3.05, 3.63) is 23.9 Å². The van der Waals surface area contributed by atoms with E-state index in [-0.39, 0.29) is 5.97 Å². The molecule has 0 bridgehead atoms. The molecule has 1 rings (SSSR count). The van der Waals surface area contributed by atoms with Gasteiger partial charge in [0.1, 0.15) is 19.6 Å². The first-order chi connectivity index (χ1) is 6.94. The molecule has 82 valence electrons. The van der Waals surface area contributed by atoms with Crippen LogP contribution in [-0.2, 0) is 4.74 Å². The van der Waals surface area contributed by atoms with Gasteiger partial charge in [-0.3, -0.25) is 0 Å². The summed E-state index contributed by atoms with van der Waals surface area (Å²) in [6, 6.07) is 3.43. The maximum Gasteiger partial charge on any atom is 0.341 e. The van der Waals surface area contributed by atoms with Crippen LogP contribution in [0, 0.1) is 0 Å². The summed E-state index contributed by atoms with van der Waals surface area (Å²) < 4.78 is 4.69. The molecule has 1 aromatic rings. The van der Waals surface area contributed by atoms with Gasteiger partial charge in [0.2, 0.25) is 0 Å². The van der Waals surface area contributed by atoms with Crippen LogP contribution in [0.1, 0.15) is 10.4 Å². The Morgan fingerprint density at radius 2 is 2.13 bits per heavy atom. The van der Waals surface area contributed by atoms with E-state index in [4.69, 9.17) is 0 Å². The molecule has 0 saturated heterocycles. The van der Waals surface area contributed by atoms with E-state index >= 15 is 0 Å². The molecule has 0 spiro atoms. The van der Waals surface area contributed by atoms with Crippen LogP contribution >= 0.6 is 0 Å². The van der Waals surface area contributed by atoms with E-state index < -0.39 is 8.24 Å². The van der Waals surface area contributed by atoms with E-state index in [9.17, 15) is 4.79 Å². The van der Waals surface area contributed by atoms with Crippen LogP contribution in [0.4, 0.5) is 5.82 Å². The van der Waals surface area contributed by atoms with Gasteiger partial charge in [0.05, 0.1) is 7.11 Å². The van der Waals surface area contributed by atoms with Crippen LogP contribution in [0.5, 0.6) is 0 Å². The van der Waals surface area contributed by atoms with E-state index in [1.165, 1.54) is 7.11 Å². The Balaban J connectivity index is 3.02. The van der Waals surface area contributed by atoms with Gasteiger partial charge in [-0.15, -0.1) is 0 Å². The number of anilines is 1. The standard InChI is InChI=1S/C10H16N2O2Si/c1-14-10(13)8-6-5-7-11-9(8)12-15(2,3)4/h5-7H,1-4H3,(H,11,12). The van der Waals surface area contributed by atoms with E-state index in [0.717, 1.165) is 0 Å². The predicted octanol–water partition coefficient (Wildman–Crippen LogP) is 2.11. The van der Waals surface area contributed by atoms with Crippen molar-refractivity contribution in [1.29, 1.82) is 0 Å². The molecule has 1 N–H and O–H groups in total. The Labute approximate surface area is 90.8 Å². The zero-order valence-corrected chi connectivity index (χ0v) is 10.5. The van der Waals surface area contributed by atoms with E-state index in [1.807, 2.05) is 0 Å². The Kier molecular flexibility index (Phi) is 3.46. The van der Waals surface area contributed by atoms with Gasteiger partial charge in [0.25, 0.3) is 0 Å². The van der Waals surface area contributed by atoms with Crippen molar-refractivity contribution >= 4 is 20.0 Å². The molecule has 0 atom stereocenters. The van der Waals surface area contributed by atoms with Crippen LogP contribution in [0.2, 0.25) is 19.6 Å². The van der Waals surface area contributed by atoms with Crippen molar-refractivity contribution in [1.82, 2.24) is 4.98 Å². The molecule has 1 heterocycles. The lowest BCUT2D eigenvalue weighted by Gasteiger charge is -2.20. The first-order valence-corrected chi connectivity index (χ1v) is 8.25. The van der Waals surface area contributed by atoms with Gasteiger partial charge < -0.3 is 9.72 Å². The first kappa shape index (κ1) is 11.7. The average Bonchev–Trinajstić information content (AvgIpc) is 2.15. The maximum atomic E-state index is 11.4. The fourth-order valence-electron chi connectivity index (χ4n) is 1.13. The zero-order valence-electron chi connectivity index (χ0n) is 9.50. The summed E-state index contributed by atoms with van der Waals surface area (Å²) in [5.74, 6) is 0.257. The number of aromatic nitrogens is 1. The third-order valence-corrected chi connectivity index (χ3v) is 2.69. The van der Waals surface area contributed by atoms with Crippen molar-refractivity contribution < 1.29 is 9.53 Å². The maximum absolute atomic E-state index is 11.4. The highest BCUT2D eigenvalue weighted by atomic mass is 28.3. The number of hydrogen-bond acceptors (Lipinski definition) is 4. The first-order valence-electron chi connectivity index (χ1n) is 4.75. The van der Waals surface area contributed by atoms with E-state index in [2.05, 4.69) is 34.3 Å². The summed E-state index contributed by atoms with van der Waals surface area (Å²) in [6.07, 6.45) is 1.66. The number of nitrogens with one attached hydrogen (secondary N) is 1. The van der Waals surface area contributed by atoms with Crippen molar-refractivity contribution in [2.24, 2.45) is 0 Å². The van der Waals surface area contributed by atoms with Gasteiger partial charge >= 0.3 is 5.97 Å². The smallest absolute Gasteiger partial charge is 0.341 e. The molecule has 1 aromatic heterocycles. The van der Waals surface area contributed by atoms with Gasteiger partial charge in [0.15, 0.2) is 0 Å². The second-order valence-corrected chi connectivity index (χ2v) is 9.02. The van der Waals surface area contributed by atoms with Crippen LogP contribution in [0.3, 0.4) is 0 Å². The molecule has 0 unspecified atom stereocenters. The normalized spacial score (nSPS) is 10.9. The Morgan fingerprint density at radius 1 is 1.47 bits per heavy atom. The quantitative estimate of drug-likeness (QED) is 0.631. The number of hydrogen-bond donors (Lipinski definition) is 1. The molecular formula is C10H16N2O2Si. The Bertz CT molecular complexity index is 361. The summed E-state index contributed by atoms with van der Waals surface area (Å²) >= 11 is 0. The highest BCUT2D eigenvalue weighted by Crippen LogP contribution is 2.15. The topological polar surface area (TPSA) is 51.2 Å². The predicted molar refractivity (Wildman–Crippen MR) is 62.5 cm³/mol. The molecule has 0 aliphatic heterocycles. The molecule has 0 aliphatic rings. The number of pyridine rings is 1. The molecule has 0 aromatic carbocycles. The van der Waals surface area contributed by atoms with Crippen molar-refractivity contribution in [3.8, 4) is 0 Å². The van der Waals surface area contributed by atoms with Crippen LogP contribution < -0.4 is 4.98 Å². The minimum absolute atomic E-state index is 0.358. The van der Waals surface area contributed by atoms with Crippen LogP contribution in [-0.4, -0.2) is 26.3 Å². The number of methoxy groups -OCH3 is 1. The van der Waals surface area contributed by atoms with Gasteiger partial charge in [-0.1, -0.05) is 19.6 Å². The molecule has 0 radical (unpaired) electrons. The summed E-state index contributed by atoms with van der Waals surface area (Å²) in [6.45, 7) is 6.42. The number of rotatable bonds is 3. The lowest BCUT2D eigenvalue weighted by molar-refractivity contribution is 0.0601. The molecule has 4 nitrogen and oxygen atoms in total. The molecule has 0 saturated carbocycles. The highest BCUT2D eigenvalue weighted by molar-refractivity contribution is 6.79. The number of esters is 1. The Hall–Kier alpha value is -1.36. The summed E-state index contributed by atoms with van der Waals surface area (Å²) in [5.41, 5.74) is 0.488. The lowest BCUT2D eigenvalue weighted by Crippen LogP contribution is -2.33. The molecule has 5 heteroatoms. The van der Waals surface area contributed by atoms with Gasteiger partial charge in [0, 0.05) is 6.20 Å². The fourth-order valence-corrected chi connectivity index (χ4v) is 2.04. The van der Waals surface area contributed by atoms with Crippen LogP contribution in [0.15, 0.2) is 18.3 Å². The molecular weight excluding hydrogens is 208 g/mol. The largest absolute Gasteiger partial charge is 0.465 e. The van der Waals surface area contributed by atoms with Crippen molar-refractivity contribution in [2.45, 2.75) is 19.6 Å². The average molecular weight is 224 g/mol. The van der Waals surface area contributed by atoms with E-state index in [0.29, 0.717) is 11.4 Å². The minimum atomic E-state index is -1.51. The number of carbonyl (C=O) groups is 1. The molecule has 15 heavy (non-hydrogen) atoms. The van der Waals surface area contributed by atoms with Gasteiger partial charge in [-0.25, -0.2) is 9.78 Å². The Morgan fingerprint density at radius 3 is 2.67 bits per heavy atom. The second kappa shape index (κ2) is 4.44. The van der Waals surface area contributed by atoms with Gasteiger partial charge in [-0.05, 0) is 12.1 Å². The second-order valence-electron chi connectivity index (χ2n) is 4.27. The molecule has 0 amide bonds. The highest BCUT2D eigenvalue weighted by Gasteiger charge is 2.19. The summed E-state index contributed by atoms with van der Waals surface area (Å²) in [5, 5.41) is 0.